The molecule has 0 spiro atoms. The quantitative estimate of drug-likeness (QED) is 0.566. The Bertz CT molecular complexity index is 978. The van der Waals surface area contributed by atoms with Crippen molar-refractivity contribution in [1.29, 1.82) is 0 Å². The maximum Gasteiger partial charge on any atom is 0.222 e. The molecule has 0 aliphatic carbocycles. The number of halogens is 2. The Morgan fingerprint density at radius 1 is 1.19 bits per heavy atom. The van der Waals surface area contributed by atoms with Crippen LogP contribution in [0, 0.1) is 11.6 Å². The number of fused-ring (bicyclic) bond motifs is 1. The first-order chi connectivity index (χ1) is 15.1. The second-order valence-corrected chi connectivity index (χ2v) is 8.08. The molecule has 2 heterocycles. The van der Waals surface area contributed by atoms with Gasteiger partial charge >= 0.3 is 0 Å². The van der Waals surface area contributed by atoms with E-state index in [4.69, 9.17) is 0 Å². The average Bonchev–Trinajstić information content (AvgIpc) is 3.36. The van der Waals surface area contributed by atoms with Gasteiger partial charge in [-0.2, -0.15) is 0 Å². The number of anilines is 1. The molecule has 1 unspecified atom stereocenters. The number of para-hydroxylation sites is 1. The number of hydrogen-bond donors (Lipinski definition) is 1. The number of hydrogen-bond acceptors (Lipinski definition) is 2. The van der Waals surface area contributed by atoms with Crippen LogP contribution in [0.1, 0.15) is 36.3 Å². The number of guanidine groups is 1. The normalized spacial score (nSPS) is 18.6. The van der Waals surface area contributed by atoms with Gasteiger partial charge in [0.05, 0.1) is 0 Å². The first kappa shape index (κ1) is 21.3. The minimum atomic E-state index is -0.824. The summed E-state index contributed by atoms with van der Waals surface area (Å²) in [5.74, 6) is -0.338. The van der Waals surface area contributed by atoms with E-state index in [2.05, 4.69) is 27.3 Å². The van der Waals surface area contributed by atoms with Gasteiger partial charge in [-0.1, -0.05) is 30.3 Å². The van der Waals surface area contributed by atoms with Crippen LogP contribution in [0.15, 0.2) is 47.5 Å². The third-order valence-corrected chi connectivity index (χ3v) is 6.17. The van der Waals surface area contributed by atoms with Crippen molar-refractivity contribution in [3.05, 3.63) is 65.2 Å². The summed E-state index contributed by atoms with van der Waals surface area (Å²) >= 11 is 0. The molecule has 1 atom stereocenters. The topological polar surface area (TPSA) is 47.9 Å². The minimum Gasteiger partial charge on any atom is -0.356 e. The minimum absolute atomic E-state index is 0.255. The van der Waals surface area contributed by atoms with E-state index in [1.807, 2.05) is 17.0 Å². The fraction of sp³-hybridized carbons (Fsp3) is 0.417. The third-order valence-electron chi connectivity index (χ3n) is 6.17. The zero-order valence-corrected chi connectivity index (χ0v) is 17.8. The second kappa shape index (κ2) is 9.45. The van der Waals surface area contributed by atoms with Gasteiger partial charge in [-0.05, 0) is 42.5 Å². The number of carbonyl (C=O) groups is 1. The van der Waals surface area contributed by atoms with Crippen molar-refractivity contribution in [2.75, 3.05) is 38.1 Å². The number of rotatable bonds is 6. The van der Waals surface area contributed by atoms with E-state index in [0.717, 1.165) is 44.2 Å². The van der Waals surface area contributed by atoms with Crippen molar-refractivity contribution in [3.63, 3.8) is 0 Å². The van der Waals surface area contributed by atoms with Crippen LogP contribution >= 0.6 is 0 Å². The predicted molar refractivity (Wildman–Crippen MR) is 118 cm³/mol. The molecular weight excluding hydrogens is 398 g/mol. The fourth-order valence-corrected chi connectivity index (χ4v) is 4.54. The van der Waals surface area contributed by atoms with Crippen LogP contribution in [0.5, 0.6) is 0 Å². The Morgan fingerprint density at radius 3 is 2.81 bits per heavy atom. The maximum atomic E-state index is 13.9. The van der Waals surface area contributed by atoms with Gasteiger partial charge in [-0.25, -0.2) is 8.78 Å². The standard InChI is InChI=1S/C24H28F2N4O/c1-27-24(28-13-11-17-6-4-8-20(25)23(17)26)30-16-18(19-7-2-3-9-21(19)30)12-15-29-14-5-10-22(29)31/h2-4,6-9,18H,5,10-16H2,1H3,(H,27,28). The summed E-state index contributed by atoms with van der Waals surface area (Å²) in [6.45, 7) is 2.85. The lowest BCUT2D eigenvalue weighted by atomic mass is 9.98. The molecule has 1 fully saturated rings. The average molecular weight is 427 g/mol. The first-order valence-corrected chi connectivity index (χ1v) is 10.9. The first-order valence-electron chi connectivity index (χ1n) is 10.9. The van der Waals surface area contributed by atoms with Gasteiger partial charge in [0, 0.05) is 51.3 Å². The summed E-state index contributed by atoms with van der Waals surface area (Å²) in [5.41, 5.74) is 2.71. The Kier molecular flexibility index (Phi) is 6.49. The lowest BCUT2D eigenvalue weighted by Crippen LogP contribution is -2.42. The van der Waals surface area contributed by atoms with Crippen molar-refractivity contribution in [2.24, 2.45) is 4.99 Å². The second-order valence-electron chi connectivity index (χ2n) is 8.08. The van der Waals surface area contributed by atoms with Crippen molar-refractivity contribution >= 4 is 17.6 Å². The Morgan fingerprint density at radius 2 is 2.03 bits per heavy atom. The highest BCUT2D eigenvalue weighted by atomic mass is 19.2. The van der Waals surface area contributed by atoms with Crippen LogP contribution in [0.3, 0.4) is 0 Å². The van der Waals surface area contributed by atoms with E-state index in [0.29, 0.717) is 36.8 Å². The highest BCUT2D eigenvalue weighted by molar-refractivity contribution is 5.98. The zero-order valence-electron chi connectivity index (χ0n) is 17.8. The van der Waals surface area contributed by atoms with Gasteiger partial charge in [0.2, 0.25) is 5.91 Å². The van der Waals surface area contributed by atoms with Crippen LogP contribution in [0.2, 0.25) is 0 Å². The molecule has 1 N–H and O–H groups in total. The summed E-state index contributed by atoms with van der Waals surface area (Å²) in [6.07, 6.45) is 2.88. The van der Waals surface area contributed by atoms with E-state index in [-0.39, 0.29) is 5.91 Å². The van der Waals surface area contributed by atoms with E-state index < -0.39 is 11.6 Å². The molecule has 1 saturated heterocycles. The highest BCUT2D eigenvalue weighted by Crippen LogP contribution is 2.38. The Balaban J connectivity index is 1.41. The summed E-state index contributed by atoms with van der Waals surface area (Å²) in [6, 6.07) is 12.5. The predicted octanol–water partition coefficient (Wildman–Crippen LogP) is 3.70. The molecule has 5 nitrogen and oxygen atoms in total. The van der Waals surface area contributed by atoms with Gasteiger partial charge in [-0.3, -0.25) is 9.79 Å². The van der Waals surface area contributed by atoms with Crippen LogP contribution in [-0.2, 0) is 11.2 Å². The fourth-order valence-electron chi connectivity index (χ4n) is 4.54. The SMILES string of the molecule is CN=C(NCCc1cccc(F)c1F)N1CC(CCN2CCCC2=O)c2ccccc21. The largest absolute Gasteiger partial charge is 0.356 e. The van der Waals surface area contributed by atoms with Gasteiger partial charge in [0.15, 0.2) is 17.6 Å². The monoisotopic (exact) mass is 426 g/mol. The number of carbonyl (C=O) groups excluding carboxylic acids is 1. The molecule has 4 rings (SSSR count). The van der Waals surface area contributed by atoms with Crippen molar-refractivity contribution in [1.82, 2.24) is 10.2 Å². The van der Waals surface area contributed by atoms with Gasteiger partial charge in [0.25, 0.3) is 0 Å². The van der Waals surface area contributed by atoms with Crippen molar-refractivity contribution < 1.29 is 13.6 Å². The molecule has 164 valence electrons. The molecule has 0 radical (unpaired) electrons. The van der Waals surface area contributed by atoms with Crippen molar-refractivity contribution in [2.45, 2.75) is 31.6 Å². The molecule has 1 amide bonds. The molecule has 31 heavy (non-hydrogen) atoms. The number of nitrogens with zero attached hydrogens (tertiary/aromatic N) is 3. The lowest BCUT2D eigenvalue weighted by Gasteiger charge is -2.23. The molecule has 7 heteroatoms. The highest BCUT2D eigenvalue weighted by Gasteiger charge is 2.32. The molecule has 0 bridgehead atoms. The molecular formula is C24H28F2N4O. The zero-order chi connectivity index (χ0) is 21.8. The summed E-state index contributed by atoms with van der Waals surface area (Å²) in [5, 5.41) is 3.29. The number of likely N-dealkylation sites (tertiary alicyclic amines) is 1. The van der Waals surface area contributed by atoms with Gasteiger partial charge in [0.1, 0.15) is 0 Å². The Labute approximate surface area is 181 Å². The van der Waals surface area contributed by atoms with Gasteiger partial charge in [-0.15, -0.1) is 0 Å². The summed E-state index contributed by atoms with van der Waals surface area (Å²) in [4.78, 5) is 20.5. The van der Waals surface area contributed by atoms with E-state index in [1.54, 1.807) is 13.1 Å². The molecule has 0 aromatic heterocycles. The van der Waals surface area contributed by atoms with E-state index >= 15 is 0 Å². The third kappa shape index (κ3) is 4.55. The molecule has 2 aromatic rings. The number of benzene rings is 2. The molecule has 2 aromatic carbocycles. The maximum absolute atomic E-state index is 13.9. The Hall–Kier alpha value is -2.96. The smallest absolute Gasteiger partial charge is 0.222 e. The summed E-state index contributed by atoms with van der Waals surface area (Å²) in [7, 11) is 1.73. The van der Waals surface area contributed by atoms with Crippen LogP contribution in [-0.4, -0.2) is 50.0 Å². The number of amides is 1. The number of nitrogens with one attached hydrogen (secondary N) is 1. The summed E-state index contributed by atoms with van der Waals surface area (Å²) < 4.78 is 27.4. The van der Waals surface area contributed by atoms with Gasteiger partial charge < -0.3 is 15.1 Å². The van der Waals surface area contributed by atoms with E-state index in [1.165, 1.54) is 11.6 Å². The van der Waals surface area contributed by atoms with Crippen LogP contribution in [0.4, 0.5) is 14.5 Å². The van der Waals surface area contributed by atoms with E-state index in [9.17, 15) is 13.6 Å². The van der Waals surface area contributed by atoms with Crippen LogP contribution in [0.25, 0.3) is 0 Å². The number of aliphatic imine (C=N–C) groups is 1. The lowest BCUT2D eigenvalue weighted by molar-refractivity contribution is -0.127. The van der Waals surface area contributed by atoms with Crippen molar-refractivity contribution in [3.8, 4) is 0 Å². The van der Waals surface area contributed by atoms with Crippen LogP contribution < -0.4 is 10.2 Å². The molecule has 0 saturated carbocycles. The molecule has 2 aliphatic rings. The molecule has 2 aliphatic heterocycles.